The molecule has 24 heavy (non-hydrogen) atoms. The summed E-state index contributed by atoms with van der Waals surface area (Å²) in [4.78, 5) is 16.6. The SMILES string of the molecule is Cc1nc(-c2ccccc2)oc1CC(=O)Nc1cccc(C#N)c1. The van der Waals surface area contributed by atoms with Crippen molar-refractivity contribution in [2.24, 2.45) is 0 Å². The summed E-state index contributed by atoms with van der Waals surface area (Å²) in [5, 5.41) is 11.7. The van der Waals surface area contributed by atoms with E-state index in [0.29, 0.717) is 28.6 Å². The molecule has 3 rings (SSSR count). The molecule has 2 aromatic carbocycles. The predicted octanol–water partition coefficient (Wildman–Crippen LogP) is 3.70. The van der Waals surface area contributed by atoms with Gasteiger partial charge in [0.25, 0.3) is 0 Å². The summed E-state index contributed by atoms with van der Waals surface area (Å²) in [7, 11) is 0. The van der Waals surface area contributed by atoms with Gasteiger partial charge >= 0.3 is 0 Å². The maximum Gasteiger partial charge on any atom is 0.232 e. The van der Waals surface area contributed by atoms with Crippen molar-refractivity contribution in [2.75, 3.05) is 5.32 Å². The minimum absolute atomic E-state index is 0.0858. The van der Waals surface area contributed by atoms with Crippen LogP contribution in [0.15, 0.2) is 59.0 Å². The highest BCUT2D eigenvalue weighted by Gasteiger charge is 2.15. The number of carbonyl (C=O) groups is 1. The first-order valence-electron chi connectivity index (χ1n) is 7.47. The minimum Gasteiger partial charge on any atom is -0.440 e. The van der Waals surface area contributed by atoms with Crippen LogP contribution in [0.1, 0.15) is 17.0 Å². The van der Waals surface area contributed by atoms with Gasteiger partial charge in [0.1, 0.15) is 5.76 Å². The van der Waals surface area contributed by atoms with Crippen LogP contribution in [0.3, 0.4) is 0 Å². The number of oxazole rings is 1. The third-order valence-electron chi connectivity index (χ3n) is 3.51. The summed E-state index contributed by atoms with van der Waals surface area (Å²) in [6.07, 6.45) is 0.0858. The molecule has 0 saturated carbocycles. The third-order valence-corrected chi connectivity index (χ3v) is 3.51. The van der Waals surface area contributed by atoms with Crippen LogP contribution in [0, 0.1) is 18.3 Å². The van der Waals surface area contributed by atoms with Crippen molar-refractivity contribution in [1.82, 2.24) is 4.98 Å². The number of nitrogens with one attached hydrogen (secondary N) is 1. The first-order chi connectivity index (χ1) is 11.7. The first-order valence-corrected chi connectivity index (χ1v) is 7.47. The fourth-order valence-electron chi connectivity index (χ4n) is 2.31. The number of aromatic nitrogens is 1. The Morgan fingerprint density at radius 1 is 1.21 bits per heavy atom. The second-order valence-corrected chi connectivity index (χ2v) is 5.31. The molecule has 0 unspecified atom stereocenters. The maximum atomic E-state index is 12.2. The van der Waals surface area contributed by atoms with E-state index in [-0.39, 0.29) is 12.3 Å². The summed E-state index contributed by atoms with van der Waals surface area (Å²) in [5.74, 6) is 0.814. The smallest absolute Gasteiger partial charge is 0.232 e. The Kier molecular flexibility index (Phi) is 4.39. The lowest BCUT2D eigenvalue weighted by molar-refractivity contribution is -0.115. The fraction of sp³-hybridized carbons (Fsp3) is 0.105. The van der Waals surface area contributed by atoms with Crippen molar-refractivity contribution in [1.29, 1.82) is 5.26 Å². The molecule has 1 aromatic heterocycles. The van der Waals surface area contributed by atoms with Gasteiger partial charge in [0, 0.05) is 11.3 Å². The highest BCUT2D eigenvalue weighted by molar-refractivity contribution is 5.92. The van der Waals surface area contributed by atoms with E-state index in [2.05, 4.69) is 10.3 Å². The van der Waals surface area contributed by atoms with Crippen molar-refractivity contribution < 1.29 is 9.21 Å². The second kappa shape index (κ2) is 6.80. The quantitative estimate of drug-likeness (QED) is 0.795. The summed E-state index contributed by atoms with van der Waals surface area (Å²) in [6, 6.07) is 18.4. The number of carbonyl (C=O) groups excluding carboxylic acids is 1. The zero-order valence-corrected chi connectivity index (χ0v) is 13.1. The molecular weight excluding hydrogens is 302 g/mol. The Morgan fingerprint density at radius 3 is 2.75 bits per heavy atom. The Balaban J connectivity index is 1.73. The van der Waals surface area contributed by atoms with Gasteiger partial charge in [0.15, 0.2) is 0 Å². The Hall–Kier alpha value is -3.39. The van der Waals surface area contributed by atoms with Crippen LogP contribution in [0.5, 0.6) is 0 Å². The van der Waals surface area contributed by atoms with Crippen LogP contribution in [0.25, 0.3) is 11.5 Å². The van der Waals surface area contributed by atoms with Crippen LogP contribution in [-0.2, 0) is 11.2 Å². The molecule has 0 aliphatic heterocycles. The summed E-state index contributed by atoms with van der Waals surface area (Å²) in [5.41, 5.74) is 2.64. The van der Waals surface area contributed by atoms with Crippen molar-refractivity contribution in [3.63, 3.8) is 0 Å². The van der Waals surface area contributed by atoms with Gasteiger partial charge in [0.2, 0.25) is 11.8 Å². The number of rotatable bonds is 4. The average molecular weight is 317 g/mol. The van der Waals surface area contributed by atoms with Crippen LogP contribution < -0.4 is 5.32 Å². The number of aryl methyl sites for hydroxylation is 1. The van der Waals surface area contributed by atoms with Crippen LogP contribution in [0.2, 0.25) is 0 Å². The van der Waals surface area contributed by atoms with E-state index in [4.69, 9.17) is 9.68 Å². The lowest BCUT2D eigenvalue weighted by atomic mass is 10.2. The highest BCUT2D eigenvalue weighted by Crippen LogP contribution is 2.22. The number of nitrogens with zero attached hydrogens (tertiary/aromatic N) is 2. The zero-order chi connectivity index (χ0) is 16.9. The Bertz CT molecular complexity index is 908. The van der Waals surface area contributed by atoms with Crippen LogP contribution >= 0.6 is 0 Å². The van der Waals surface area contributed by atoms with E-state index in [1.807, 2.05) is 43.3 Å². The molecule has 0 aliphatic rings. The third kappa shape index (κ3) is 3.50. The molecule has 0 fully saturated rings. The molecule has 1 N–H and O–H groups in total. The molecule has 5 heteroatoms. The lowest BCUT2D eigenvalue weighted by Gasteiger charge is -2.04. The summed E-state index contributed by atoms with van der Waals surface area (Å²) < 4.78 is 5.73. The van der Waals surface area contributed by atoms with E-state index in [0.717, 1.165) is 5.56 Å². The van der Waals surface area contributed by atoms with Crippen molar-refractivity contribution >= 4 is 11.6 Å². The number of hydrogen-bond donors (Lipinski definition) is 1. The monoisotopic (exact) mass is 317 g/mol. The van der Waals surface area contributed by atoms with Gasteiger partial charge in [-0.2, -0.15) is 5.26 Å². The lowest BCUT2D eigenvalue weighted by Crippen LogP contribution is -2.14. The molecule has 1 heterocycles. The molecular formula is C19H15N3O2. The standard InChI is InChI=1S/C19H15N3O2/c1-13-17(24-19(21-13)15-7-3-2-4-8-15)11-18(23)22-16-9-5-6-14(10-16)12-20/h2-10H,11H2,1H3,(H,22,23). The van der Waals surface area contributed by atoms with Gasteiger partial charge in [-0.15, -0.1) is 0 Å². The number of nitriles is 1. The topological polar surface area (TPSA) is 78.9 Å². The van der Waals surface area contributed by atoms with Gasteiger partial charge in [-0.05, 0) is 37.3 Å². The molecule has 0 bridgehead atoms. The first kappa shape index (κ1) is 15.5. The molecule has 0 radical (unpaired) electrons. The van der Waals surface area contributed by atoms with Crippen molar-refractivity contribution in [3.05, 3.63) is 71.6 Å². The molecule has 118 valence electrons. The fourth-order valence-corrected chi connectivity index (χ4v) is 2.31. The van der Waals surface area contributed by atoms with Gasteiger partial charge in [0.05, 0.1) is 23.7 Å². The maximum absolute atomic E-state index is 12.2. The normalized spacial score (nSPS) is 10.2. The van der Waals surface area contributed by atoms with Crippen molar-refractivity contribution in [2.45, 2.75) is 13.3 Å². The van der Waals surface area contributed by atoms with E-state index in [9.17, 15) is 4.79 Å². The van der Waals surface area contributed by atoms with Crippen molar-refractivity contribution in [3.8, 4) is 17.5 Å². The van der Waals surface area contributed by atoms with Crippen LogP contribution in [0.4, 0.5) is 5.69 Å². The summed E-state index contributed by atoms with van der Waals surface area (Å²) >= 11 is 0. The van der Waals surface area contributed by atoms with E-state index in [1.165, 1.54) is 0 Å². The number of hydrogen-bond acceptors (Lipinski definition) is 4. The van der Waals surface area contributed by atoms with Gasteiger partial charge in [-0.25, -0.2) is 4.98 Å². The highest BCUT2D eigenvalue weighted by atomic mass is 16.4. The zero-order valence-electron chi connectivity index (χ0n) is 13.1. The molecule has 0 spiro atoms. The largest absolute Gasteiger partial charge is 0.440 e. The Morgan fingerprint density at radius 2 is 2.00 bits per heavy atom. The number of anilines is 1. The van der Waals surface area contributed by atoms with Crippen LogP contribution in [-0.4, -0.2) is 10.9 Å². The minimum atomic E-state index is -0.219. The second-order valence-electron chi connectivity index (χ2n) is 5.31. The van der Waals surface area contributed by atoms with E-state index >= 15 is 0 Å². The molecule has 0 aliphatic carbocycles. The number of benzene rings is 2. The van der Waals surface area contributed by atoms with Gasteiger partial charge in [-0.3, -0.25) is 4.79 Å². The molecule has 1 amide bonds. The van der Waals surface area contributed by atoms with Gasteiger partial charge in [-0.1, -0.05) is 24.3 Å². The van der Waals surface area contributed by atoms with E-state index < -0.39 is 0 Å². The molecule has 3 aromatic rings. The molecule has 0 saturated heterocycles. The predicted molar refractivity (Wildman–Crippen MR) is 90.2 cm³/mol. The van der Waals surface area contributed by atoms with E-state index in [1.54, 1.807) is 24.3 Å². The Labute approximate surface area is 139 Å². The molecule has 0 atom stereocenters. The molecule has 5 nitrogen and oxygen atoms in total. The number of amides is 1. The summed E-state index contributed by atoms with van der Waals surface area (Å²) in [6.45, 7) is 1.81. The van der Waals surface area contributed by atoms with Gasteiger partial charge < -0.3 is 9.73 Å². The average Bonchev–Trinajstić information content (AvgIpc) is 2.96.